The van der Waals surface area contributed by atoms with Crippen molar-refractivity contribution in [3.05, 3.63) is 0 Å². The maximum atomic E-state index is 8.54. The van der Waals surface area contributed by atoms with E-state index in [0.29, 0.717) is 6.54 Å². The second kappa shape index (κ2) is 2.34. The Morgan fingerprint density at radius 2 is 2.44 bits per heavy atom. The van der Waals surface area contributed by atoms with Gasteiger partial charge in [-0.05, 0) is 19.4 Å². The van der Waals surface area contributed by atoms with Gasteiger partial charge in [0, 0.05) is 6.54 Å². The van der Waals surface area contributed by atoms with E-state index in [1.54, 1.807) is 0 Å². The molecular formula is C6H11N3. The highest BCUT2D eigenvalue weighted by Crippen LogP contribution is 2.10. The highest BCUT2D eigenvalue weighted by Gasteiger charge is 2.26. The standard InChI is InChI=1S/C6H11N3/c7-4-6(8)2-1-3-9-5-6/h9H,1-3,5,8H2. The molecule has 0 amide bonds. The Hall–Kier alpha value is -0.590. The summed E-state index contributed by atoms with van der Waals surface area (Å²) in [5.74, 6) is 0. The highest BCUT2D eigenvalue weighted by molar-refractivity contribution is 5.07. The summed E-state index contributed by atoms with van der Waals surface area (Å²) < 4.78 is 0. The molecule has 3 nitrogen and oxygen atoms in total. The first kappa shape index (κ1) is 6.53. The van der Waals surface area contributed by atoms with Gasteiger partial charge in [-0.2, -0.15) is 5.26 Å². The molecule has 1 rings (SSSR count). The maximum absolute atomic E-state index is 8.54. The fourth-order valence-electron chi connectivity index (χ4n) is 1.02. The summed E-state index contributed by atoms with van der Waals surface area (Å²) >= 11 is 0. The fraction of sp³-hybridized carbons (Fsp3) is 0.833. The van der Waals surface area contributed by atoms with Crippen LogP contribution in [0.25, 0.3) is 0 Å². The van der Waals surface area contributed by atoms with Gasteiger partial charge in [-0.3, -0.25) is 0 Å². The van der Waals surface area contributed by atoms with Crippen molar-refractivity contribution in [2.24, 2.45) is 5.73 Å². The van der Waals surface area contributed by atoms with Crippen molar-refractivity contribution in [2.75, 3.05) is 13.1 Å². The van der Waals surface area contributed by atoms with Crippen LogP contribution < -0.4 is 11.1 Å². The average molecular weight is 125 g/mol. The van der Waals surface area contributed by atoms with Crippen LogP contribution in [0.4, 0.5) is 0 Å². The maximum Gasteiger partial charge on any atom is 0.116 e. The van der Waals surface area contributed by atoms with Crippen LogP contribution in [0.5, 0.6) is 0 Å². The Morgan fingerprint density at radius 3 is 2.78 bits per heavy atom. The first-order chi connectivity index (χ1) is 4.27. The summed E-state index contributed by atoms with van der Waals surface area (Å²) in [4.78, 5) is 0. The summed E-state index contributed by atoms with van der Waals surface area (Å²) in [6, 6.07) is 2.10. The van der Waals surface area contributed by atoms with E-state index in [0.717, 1.165) is 19.4 Å². The average Bonchev–Trinajstić information content (AvgIpc) is 1.90. The van der Waals surface area contributed by atoms with E-state index in [-0.39, 0.29) is 0 Å². The van der Waals surface area contributed by atoms with Crippen LogP contribution in [-0.2, 0) is 0 Å². The summed E-state index contributed by atoms with van der Waals surface area (Å²) in [6.45, 7) is 1.64. The lowest BCUT2D eigenvalue weighted by atomic mass is 9.93. The number of nitriles is 1. The summed E-state index contributed by atoms with van der Waals surface area (Å²) in [7, 11) is 0. The smallest absolute Gasteiger partial charge is 0.116 e. The van der Waals surface area contributed by atoms with Crippen LogP contribution in [0.1, 0.15) is 12.8 Å². The van der Waals surface area contributed by atoms with Gasteiger partial charge in [0.1, 0.15) is 5.54 Å². The summed E-state index contributed by atoms with van der Waals surface area (Å²) in [5.41, 5.74) is 5.05. The van der Waals surface area contributed by atoms with Gasteiger partial charge in [0.2, 0.25) is 0 Å². The number of nitrogens with one attached hydrogen (secondary N) is 1. The molecule has 3 N–H and O–H groups in total. The minimum absolute atomic E-state index is 0.585. The molecule has 0 aromatic carbocycles. The number of nitrogens with two attached hydrogens (primary N) is 1. The molecule has 0 radical (unpaired) electrons. The first-order valence-corrected chi connectivity index (χ1v) is 3.18. The lowest BCUT2D eigenvalue weighted by Gasteiger charge is -2.26. The van der Waals surface area contributed by atoms with Crippen molar-refractivity contribution in [3.63, 3.8) is 0 Å². The van der Waals surface area contributed by atoms with Crippen molar-refractivity contribution in [1.29, 1.82) is 5.26 Å². The molecule has 1 unspecified atom stereocenters. The number of nitrogens with zero attached hydrogens (tertiary/aromatic N) is 1. The third kappa shape index (κ3) is 1.41. The molecule has 0 aliphatic carbocycles. The molecule has 1 atom stereocenters. The number of hydrogen-bond donors (Lipinski definition) is 2. The zero-order valence-corrected chi connectivity index (χ0v) is 5.35. The van der Waals surface area contributed by atoms with Crippen molar-refractivity contribution >= 4 is 0 Å². The Kier molecular flexibility index (Phi) is 1.70. The van der Waals surface area contributed by atoms with Gasteiger partial charge in [0.15, 0.2) is 0 Å². The van der Waals surface area contributed by atoms with Crippen molar-refractivity contribution < 1.29 is 0 Å². The third-order valence-electron chi connectivity index (χ3n) is 1.64. The summed E-state index contributed by atoms with van der Waals surface area (Å²) in [6.07, 6.45) is 1.85. The van der Waals surface area contributed by atoms with Crippen LogP contribution in [0.15, 0.2) is 0 Å². The fourth-order valence-corrected chi connectivity index (χ4v) is 1.02. The van der Waals surface area contributed by atoms with Crippen LogP contribution >= 0.6 is 0 Å². The lowest BCUT2D eigenvalue weighted by molar-refractivity contribution is 0.386. The second-order valence-corrected chi connectivity index (χ2v) is 2.55. The molecule has 1 saturated heterocycles. The molecular weight excluding hydrogens is 114 g/mol. The molecule has 1 fully saturated rings. The van der Waals surface area contributed by atoms with Crippen LogP contribution in [0, 0.1) is 11.3 Å². The van der Waals surface area contributed by atoms with E-state index in [1.165, 1.54) is 0 Å². The van der Waals surface area contributed by atoms with E-state index in [2.05, 4.69) is 11.4 Å². The van der Waals surface area contributed by atoms with Gasteiger partial charge >= 0.3 is 0 Å². The van der Waals surface area contributed by atoms with Crippen LogP contribution in [0.3, 0.4) is 0 Å². The highest BCUT2D eigenvalue weighted by atomic mass is 14.9. The number of hydrogen-bond acceptors (Lipinski definition) is 3. The Labute approximate surface area is 54.8 Å². The largest absolute Gasteiger partial charge is 0.314 e. The molecule has 9 heavy (non-hydrogen) atoms. The van der Waals surface area contributed by atoms with Gasteiger partial charge in [0.25, 0.3) is 0 Å². The second-order valence-electron chi connectivity index (χ2n) is 2.55. The minimum Gasteiger partial charge on any atom is -0.314 e. The van der Waals surface area contributed by atoms with E-state index in [4.69, 9.17) is 11.0 Å². The van der Waals surface area contributed by atoms with E-state index >= 15 is 0 Å². The normalized spacial score (nSPS) is 35.6. The van der Waals surface area contributed by atoms with Gasteiger partial charge in [-0.15, -0.1) is 0 Å². The monoisotopic (exact) mass is 125 g/mol. The first-order valence-electron chi connectivity index (χ1n) is 3.18. The van der Waals surface area contributed by atoms with Crippen molar-refractivity contribution in [3.8, 4) is 6.07 Å². The topological polar surface area (TPSA) is 61.8 Å². The zero-order valence-electron chi connectivity index (χ0n) is 5.35. The van der Waals surface area contributed by atoms with Crippen molar-refractivity contribution in [1.82, 2.24) is 5.32 Å². The van der Waals surface area contributed by atoms with E-state index in [9.17, 15) is 0 Å². The predicted molar refractivity (Wildman–Crippen MR) is 34.6 cm³/mol. The third-order valence-corrected chi connectivity index (χ3v) is 1.64. The molecule has 1 aliphatic rings. The van der Waals surface area contributed by atoms with E-state index < -0.39 is 5.54 Å². The minimum atomic E-state index is -0.585. The summed E-state index contributed by atoms with van der Waals surface area (Å²) in [5, 5.41) is 11.6. The lowest BCUT2D eigenvalue weighted by Crippen LogP contribution is -2.51. The zero-order chi connectivity index (χ0) is 6.74. The Bertz CT molecular complexity index is 130. The van der Waals surface area contributed by atoms with Gasteiger partial charge in [0.05, 0.1) is 6.07 Å². The van der Waals surface area contributed by atoms with Crippen molar-refractivity contribution in [2.45, 2.75) is 18.4 Å². The molecule has 1 aliphatic heterocycles. The molecule has 1 heterocycles. The van der Waals surface area contributed by atoms with Crippen LogP contribution in [-0.4, -0.2) is 18.6 Å². The molecule has 0 aromatic heterocycles. The molecule has 3 heteroatoms. The van der Waals surface area contributed by atoms with Gasteiger partial charge in [-0.1, -0.05) is 0 Å². The molecule has 0 saturated carbocycles. The predicted octanol–water partition coefficient (Wildman–Crippen LogP) is -0.409. The quantitative estimate of drug-likeness (QED) is 0.462. The Morgan fingerprint density at radius 1 is 1.67 bits per heavy atom. The molecule has 50 valence electrons. The molecule has 0 aromatic rings. The van der Waals surface area contributed by atoms with E-state index in [1.807, 2.05) is 0 Å². The molecule has 0 bridgehead atoms. The van der Waals surface area contributed by atoms with Gasteiger partial charge in [-0.25, -0.2) is 0 Å². The van der Waals surface area contributed by atoms with Gasteiger partial charge < -0.3 is 11.1 Å². The number of piperidine rings is 1. The Balaban J connectivity index is 2.49. The number of rotatable bonds is 0. The SMILES string of the molecule is N#CC1(N)CCCNC1. The molecule has 0 spiro atoms. The van der Waals surface area contributed by atoms with Crippen LogP contribution in [0.2, 0.25) is 0 Å².